The summed E-state index contributed by atoms with van der Waals surface area (Å²) in [5.74, 6) is 0. The third-order valence-electron chi connectivity index (χ3n) is 2.21. The normalized spacial score (nSPS) is 11.3. The first-order chi connectivity index (χ1) is 7.40. The molecule has 0 aromatic carbocycles. The molecular formula is C12H27NO2Si. The van der Waals surface area contributed by atoms with Gasteiger partial charge in [0.2, 0.25) is 8.32 Å². The van der Waals surface area contributed by atoms with E-state index in [1.807, 2.05) is 24.5 Å². The van der Waals surface area contributed by atoms with Gasteiger partial charge in [0.05, 0.1) is 0 Å². The van der Waals surface area contributed by atoms with Gasteiger partial charge in [0.25, 0.3) is 0 Å². The van der Waals surface area contributed by atoms with Gasteiger partial charge in [-0.15, -0.1) is 0 Å². The van der Waals surface area contributed by atoms with Gasteiger partial charge in [0.1, 0.15) is 0 Å². The maximum atomic E-state index is 11.9. The van der Waals surface area contributed by atoms with Crippen LogP contribution in [0.4, 0.5) is 4.79 Å². The SMILES string of the molecule is CCCCN(CCCC)C(=O)O[Si](C)(C)C. The fourth-order valence-electron chi connectivity index (χ4n) is 1.32. The Hall–Kier alpha value is -0.513. The van der Waals surface area contributed by atoms with E-state index >= 15 is 0 Å². The number of carbonyl (C=O) groups is 1. The number of unbranched alkanes of at least 4 members (excludes halogenated alkanes) is 2. The summed E-state index contributed by atoms with van der Waals surface area (Å²) >= 11 is 0. The molecule has 0 saturated carbocycles. The Kier molecular flexibility index (Phi) is 7.46. The summed E-state index contributed by atoms with van der Waals surface area (Å²) < 4.78 is 5.52. The highest BCUT2D eigenvalue weighted by molar-refractivity contribution is 6.71. The molecule has 0 aliphatic rings. The fourth-order valence-corrected chi connectivity index (χ4v) is 1.97. The Balaban J connectivity index is 4.19. The van der Waals surface area contributed by atoms with Crippen molar-refractivity contribution in [3.63, 3.8) is 0 Å². The fraction of sp³-hybridized carbons (Fsp3) is 0.917. The largest absolute Gasteiger partial charge is 0.504 e. The van der Waals surface area contributed by atoms with Gasteiger partial charge in [-0.05, 0) is 32.5 Å². The number of rotatable bonds is 7. The highest BCUT2D eigenvalue weighted by Gasteiger charge is 2.23. The van der Waals surface area contributed by atoms with Gasteiger partial charge in [0.15, 0.2) is 0 Å². The Morgan fingerprint density at radius 1 is 1.06 bits per heavy atom. The maximum Gasteiger partial charge on any atom is 0.396 e. The van der Waals surface area contributed by atoms with E-state index in [1.165, 1.54) is 0 Å². The second kappa shape index (κ2) is 7.71. The number of amides is 1. The molecule has 0 N–H and O–H groups in total. The van der Waals surface area contributed by atoms with E-state index in [0.717, 1.165) is 38.8 Å². The lowest BCUT2D eigenvalue weighted by atomic mass is 10.3. The average Bonchev–Trinajstić information content (AvgIpc) is 2.15. The van der Waals surface area contributed by atoms with E-state index in [9.17, 15) is 4.79 Å². The molecule has 0 unspecified atom stereocenters. The van der Waals surface area contributed by atoms with Crippen LogP contribution < -0.4 is 0 Å². The molecule has 96 valence electrons. The van der Waals surface area contributed by atoms with E-state index in [1.54, 1.807) is 0 Å². The standard InChI is InChI=1S/C12H27NO2Si/c1-6-8-10-13(11-9-7-2)12(14)15-16(3,4)5/h6-11H2,1-5H3. The zero-order chi connectivity index (χ0) is 12.6. The molecule has 0 rings (SSSR count). The molecule has 3 nitrogen and oxygen atoms in total. The summed E-state index contributed by atoms with van der Waals surface area (Å²) in [6.07, 6.45) is 4.24. The summed E-state index contributed by atoms with van der Waals surface area (Å²) in [5, 5.41) is 0. The molecule has 0 heterocycles. The predicted molar refractivity (Wildman–Crippen MR) is 71.2 cm³/mol. The molecule has 0 atom stereocenters. The molecule has 4 heteroatoms. The Morgan fingerprint density at radius 2 is 1.50 bits per heavy atom. The van der Waals surface area contributed by atoms with Crippen LogP contribution in [-0.2, 0) is 4.43 Å². The van der Waals surface area contributed by atoms with Crippen LogP contribution in [-0.4, -0.2) is 32.4 Å². The van der Waals surface area contributed by atoms with Crippen LogP contribution in [0.25, 0.3) is 0 Å². The third kappa shape index (κ3) is 7.74. The van der Waals surface area contributed by atoms with E-state index in [-0.39, 0.29) is 6.09 Å². The van der Waals surface area contributed by atoms with Crippen LogP contribution in [0.2, 0.25) is 19.6 Å². The lowest BCUT2D eigenvalue weighted by molar-refractivity contribution is 0.149. The van der Waals surface area contributed by atoms with Crippen molar-refractivity contribution in [1.29, 1.82) is 0 Å². The highest BCUT2D eigenvalue weighted by atomic mass is 28.4. The molecule has 0 spiro atoms. The lowest BCUT2D eigenvalue weighted by Gasteiger charge is -2.26. The first-order valence-corrected chi connectivity index (χ1v) is 9.79. The highest BCUT2D eigenvalue weighted by Crippen LogP contribution is 2.08. The van der Waals surface area contributed by atoms with Gasteiger partial charge in [-0.25, -0.2) is 4.79 Å². The first kappa shape index (κ1) is 15.5. The molecule has 0 saturated heterocycles. The molecule has 0 aromatic rings. The van der Waals surface area contributed by atoms with Crippen molar-refractivity contribution >= 4 is 14.4 Å². The first-order valence-electron chi connectivity index (χ1n) is 6.38. The molecule has 0 aromatic heterocycles. The van der Waals surface area contributed by atoms with Crippen molar-refractivity contribution in [2.75, 3.05) is 13.1 Å². The quantitative estimate of drug-likeness (QED) is 0.637. The van der Waals surface area contributed by atoms with Gasteiger partial charge < -0.3 is 9.33 Å². The molecule has 0 aliphatic heterocycles. The topological polar surface area (TPSA) is 29.5 Å². The molecule has 0 fully saturated rings. The van der Waals surface area contributed by atoms with E-state index < -0.39 is 8.32 Å². The molecule has 1 amide bonds. The summed E-state index contributed by atoms with van der Waals surface area (Å²) in [4.78, 5) is 13.8. The lowest BCUT2D eigenvalue weighted by Crippen LogP contribution is -2.40. The van der Waals surface area contributed by atoms with Crippen molar-refractivity contribution in [3.8, 4) is 0 Å². The monoisotopic (exact) mass is 245 g/mol. The zero-order valence-corrected chi connectivity index (χ0v) is 12.5. The van der Waals surface area contributed by atoms with Crippen LogP contribution in [0.15, 0.2) is 0 Å². The van der Waals surface area contributed by atoms with Gasteiger partial charge in [-0.3, -0.25) is 0 Å². The third-order valence-corrected chi connectivity index (χ3v) is 3.00. The van der Waals surface area contributed by atoms with Gasteiger partial charge in [-0.2, -0.15) is 0 Å². The van der Waals surface area contributed by atoms with E-state index in [2.05, 4.69) is 13.8 Å². The Labute approximate surface area is 101 Å². The Morgan fingerprint density at radius 3 is 1.81 bits per heavy atom. The van der Waals surface area contributed by atoms with E-state index in [0.29, 0.717) is 0 Å². The van der Waals surface area contributed by atoms with Crippen LogP contribution in [0.5, 0.6) is 0 Å². The van der Waals surface area contributed by atoms with Crippen molar-refractivity contribution in [2.24, 2.45) is 0 Å². The van der Waals surface area contributed by atoms with Crippen molar-refractivity contribution in [3.05, 3.63) is 0 Å². The Bertz CT molecular complexity index is 194. The zero-order valence-electron chi connectivity index (χ0n) is 11.5. The van der Waals surface area contributed by atoms with Gasteiger partial charge >= 0.3 is 6.09 Å². The second-order valence-corrected chi connectivity index (χ2v) is 9.60. The van der Waals surface area contributed by atoms with Crippen LogP contribution in [0.1, 0.15) is 39.5 Å². The van der Waals surface area contributed by atoms with Crippen LogP contribution in [0, 0.1) is 0 Å². The average molecular weight is 245 g/mol. The number of hydrogen-bond acceptors (Lipinski definition) is 2. The van der Waals surface area contributed by atoms with E-state index in [4.69, 9.17) is 4.43 Å². The van der Waals surface area contributed by atoms with Crippen molar-refractivity contribution in [1.82, 2.24) is 4.90 Å². The van der Waals surface area contributed by atoms with Crippen LogP contribution in [0.3, 0.4) is 0 Å². The smallest absolute Gasteiger partial charge is 0.396 e. The number of carbonyl (C=O) groups excluding carboxylic acids is 1. The minimum absolute atomic E-state index is 0.110. The molecule has 0 bridgehead atoms. The summed E-state index contributed by atoms with van der Waals surface area (Å²) in [6.45, 7) is 12.1. The summed E-state index contributed by atoms with van der Waals surface area (Å²) in [5.41, 5.74) is 0. The molecule has 0 radical (unpaired) electrons. The van der Waals surface area contributed by atoms with Crippen molar-refractivity contribution < 1.29 is 9.22 Å². The maximum absolute atomic E-state index is 11.9. The predicted octanol–water partition coefficient (Wildman–Crippen LogP) is 3.86. The second-order valence-electron chi connectivity index (χ2n) is 5.17. The molecule has 16 heavy (non-hydrogen) atoms. The van der Waals surface area contributed by atoms with Gasteiger partial charge in [-0.1, -0.05) is 26.7 Å². The molecule has 0 aliphatic carbocycles. The molecular weight excluding hydrogens is 218 g/mol. The summed E-state index contributed by atoms with van der Waals surface area (Å²) in [6, 6.07) is 0. The summed E-state index contributed by atoms with van der Waals surface area (Å²) in [7, 11) is -1.75. The number of hydrogen-bond donors (Lipinski definition) is 0. The van der Waals surface area contributed by atoms with Crippen molar-refractivity contribution in [2.45, 2.75) is 59.2 Å². The minimum Gasteiger partial charge on any atom is -0.504 e. The van der Waals surface area contributed by atoms with Gasteiger partial charge in [0, 0.05) is 13.1 Å². The number of nitrogens with zero attached hydrogens (tertiary/aromatic N) is 1. The minimum atomic E-state index is -1.75. The van der Waals surface area contributed by atoms with Crippen LogP contribution >= 0.6 is 0 Å².